The Labute approximate surface area is 164 Å². The van der Waals surface area contributed by atoms with Gasteiger partial charge in [-0.3, -0.25) is 4.98 Å². The van der Waals surface area contributed by atoms with Crippen molar-refractivity contribution in [2.45, 2.75) is 29.7 Å². The lowest BCUT2D eigenvalue weighted by atomic mass is 10.1. The van der Waals surface area contributed by atoms with Gasteiger partial charge in [-0.2, -0.15) is 9.40 Å². The maximum atomic E-state index is 13.2. The van der Waals surface area contributed by atoms with Crippen LogP contribution in [0.15, 0.2) is 53.6 Å². The van der Waals surface area contributed by atoms with Gasteiger partial charge in [0.1, 0.15) is 4.90 Å². The van der Waals surface area contributed by atoms with Gasteiger partial charge < -0.3 is 4.90 Å². The maximum Gasteiger partial charge on any atom is 0.245 e. The van der Waals surface area contributed by atoms with E-state index in [-0.39, 0.29) is 10.9 Å². The molecule has 28 heavy (non-hydrogen) atoms. The van der Waals surface area contributed by atoms with E-state index in [0.29, 0.717) is 24.5 Å². The van der Waals surface area contributed by atoms with Crippen molar-refractivity contribution in [1.29, 1.82) is 0 Å². The third kappa shape index (κ3) is 2.93. The number of hydrogen-bond acceptors (Lipinski definition) is 6. The summed E-state index contributed by atoms with van der Waals surface area (Å²) < 4.78 is 27.8. The molecule has 5 rings (SSSR count). The second-order valence-electron chi connectivity index (χ2n) is 7.50. The van der Waals surface area contributed by atoms with Crippen LogP contribution in [-0.2, 0) is 10.0 Å². The highest BCUT2D eigenvalue weighted by Crippen LogP contribution is 2.39. The van der Waals surface area contributed by atoms with Crippen molar-refractivity contribution in [3.05, 3.63) is 54.4 Å². The molecule has 7 nitrogen and oxygen atoms in total. The van der Waals surface area contributed by atoms with Crippen molar-refractivity contribution in [1.82, 2.24) is 19.5 Å². The second-order valence-corrected chi connectivity index (χ2v) is 9.47. The predicted molar refractivity (Wildman–Crippen MR) is 107 cm³/mol. The van der Waals surface area contributed by atoms with Crippen LogP contribution in [0.2, 0.25) is 0 Å². The summed E-state index contributed by atoms with van der Waals surface area (Å²) in [7, 11) is -1.99. The van der Waals surface area contributed by atoms with Gasteiger partial charge >= 0.3 is 0 Å². The normalized spacial score (nSPS) is 17.9. The number of rotatable bonds is 5. The Morgan fingerprint density at radius 2 is 1.82 bits per heavy atom. The molecule has 3 aromatic rings. The van der Waals surface area contributed by atoms with E-state index in [0.717, 1.165) is 16.9 Å². The quantitative estimate of drug-likeness (QED) is 0.660. The molecule has 0 N–H and O–H groups in total. The summed E-state index contributed by atoms with van der Waals surface area (Å²) in [6, 6.07) is 12.9. The molecule has 0 bridgehead atoms. The summed E-state index contributed by atoms with van der Waals surface area (Å²) in [6.07, 6.45) is 4.02. The Morgan fingerprint density at radius 1 is 1.04 bits per heavy atom. The first-order valence-corrected chi connectivity index (χ1v) is 10.9. The van der Waals surface area contributed by atoms with Gasteiger partial charge in [-0.25, -0.2) is 8.42 Å². The van der Waals surface area contributed by atoms with E-state index in [4.69, 9.17) is 0 Å². The standard InChI is InChI=1S/C20H21N5O2S/c1-24(28(26,27)18-6-2-4-15-5-3-11-21-20(15)18)16-12-25(13-16)19-10-9-17(22-23-19)14-7-8-14/h2-6,9-11,14,16H,7-8,12-13H2,1H3. The smallest absolute Gasteiger partial charge is 0.245 e. The lowest BCUT2D eigenvalue weighted by molar-refractivity contribution is 0.309. The first-order valence-electron chi connectivity index (χ1n) is 9.44. The fourth-order valence-corrected chi connectivity index (χ4v) is 5.11. The number of anilines is 1. The number of hydrogen-bond donors (Lipinski definition) is 0. The van der Waals surface area contributed by atoms with Crippen LogP contribution < -0.4 is 4.90 Å². The Hall–Kier alpha value is -2.58. The number of nitrogens with zero attached hydrogens (tertiary/aromatic N) is 5. The molecule has 1 saturated carbocycles. The molecule has 1 aliphatic carbocycles. The SMILES string of the molecule is CN(C1CN(c2ccc(C3CC3)nn2)C1)S(=O)(=O)c1cccc2cccnc12. The average Bonchev–Trinajstić information content (AvgIpc) is 3.52. The number of likely N-dealkylation sites (N-methyl/N-ethyl adjacent to an activating group) is 1. The summed E-state index contributed by atoms with van der Waals surface area (Å²) in [4.78, 5) is 6.60. The van der Waals surface area contributed by atoms with Crippen LogP contribution >= 0.6 is 0 Å². The number of benzene rings is 1. The molecule has 144 valence electrons. The minimum absolute atomic E-state index is 0.103. The number of pyridine rings is 1. The zero-order valence-corrected chi connectivity index (χ0v) is 16.4. The monoisotopic (exact) mass is 395 g/mol. The van der Waals surface area contributed by atoms with E-state index in [1.54, 1.807) is 25.4 Å². The molecule has 1 aliphatic heterocycles. The van der Waals surface area contributed by atoms with Crippen molar-refractivity contribution in [3.63, 3.8) is 0 Å². The molecular formula is C20H21N5O2S. The summed E-state index contributed by atoms with van der Waals surface area (Å²) in [5.41, 5.74) is 1.57. The van der Waals surface area contributed by atoms with E-state index in [1.807, 2.05) is 30.3 Å². The lowest BCUT2D eigenvalue weighted by Gasteiger charge is -2.43. The molecule has 1 saturated heterocycles. The lowest BCUT2D eigenvalue weighted by Crippen LogP contribution is -2.60. The fourth-order valence-electron chi connectivity index (χ4n) is 3.61. The largest absolute Gasteiger partial charge is 0.352 e. The highest BCUT2D eigenvalue weighted by molar-refractivity contribution is 7.89. The molecule has 2 fully saturated rings. The number of para-hydroxylation sites is 1. The molecule has 0 amide bonds. The Morgan fingerprint density at radius 3 is 2.54 bits per heavy atom. The molecule has 0 radical (unpaired) electrons. The fraction of sp³-hybridized carbons (Fsp3) is 0.350. The molecule has 8 heteroatoms. The molecular weight excluding hydrogens is 374 g/mol. The van der Waals surface area contributed by atoms with Gasteiger partial charge in [-0.1, -0.05) is 18.2 Å². The maximum absolute atomic E-state index is 13.2. The van der Waals surface area contributed by atoms with Crippen LogP contribution in [0.1, 0.15) is 24.5 Å². The predicted octanol–water partition coefficient (Wildman–Crippen LogP) is 2.41. The van der Waals surface area contributed by atoms with E-state index in [1.165, 1.54) is 17.1 Å². The van der Waals surface area contributed by atoms with Gasteiger partial charge in [0.25, 0.3) is 0 Å². The zero-order valence-electron chi connectivity index (χ0n) is 15.6. The van der Waals surface area contributed by atoms with E-state index >= 15 is 0 Å². The van der Waals surface area contributed by atoms with Crippen LogP contribution in [0.3, 0.4) is 0 Å². The topological polar surface area (TPSA) is 79.3 Å². The molecule has 1 aromatic carbocycles. The Kier molecular flexibility index (Phi) is 4.06. The third-order valence-corrected chi connectivity index (χ3v) is 7.56. The molecule has 0 atom stereocenters. The van der Waals surface area contributed by atoms with Crippen LogP contribution in [0, 0.1) is 0 Å². The number of fused-ring (bicyclic) bond motifs is 1. The summed E-state index contributed by atoms with van der Waals surface area (Å²) >= 11 is 0. The van der Waals surface area contributed by atoms with E-state index in [2.05, 4.69) is 20.1 Å². The van der Waals surface area contributed by atoms with Crippen LogP contribution in [0.5, 0.6) is 0 Å². The second kappa shape index (κ2) is 6.49. The summed E-state index contributed by atoms with van der Waals surface area (Å²) in [6.45, 7) is 1.21. The Bertz CT molecular complexity index is 1120. The number of aromatic nitrogens is 3. The van der Waals surface area contributed by atoms with Gasteiger partial charge in [-0.15, -0.1) is 5.10 Å². The average molecular weight is 395 g/mol. The first kappa shape index (κ1) is 17.5. The van der Waals surface area contributed by atoms with E-state index < -0.39 is 10.0 Å². The van der Waals surface area contributed by atoms with Crippen molar-refractivity contribution in [3.8, 4) is 0 Å². The molecule has 0 unspecified atom stereocenters. The molecule has 3 heterocycles. The van der Waals surface area contributed by atoms with Gasteiger partial charge in [0.2, 0.25) is 10.0 Å². The molecule has 2 aliphatic rings. The van der Waals surface area contributed by atoms with Gasteiger partial charge in [0.15, 0.2) is 5.82 Å². The van der Waals surface area contributed by atoms with Crippen LogP contribution in [-0.4, -0.2) is 54.1 Å². The van der Waals surface area contributed by atoms with Crippen molar-refractivity contribution < 1.29 is 8.42 Å². The number of sulfonamides is 1. The van der Waals surface area contributed by atoms with Crippen molar-refractivity contribution in [2.75, 3.05) is 25.0 Å². The van der Waals surface area contributed by atoms with Crippen LogP contribution in [0.4, 0.5) is 5.82 Å². The Balaban J connectivity index is 1.33. The van der Waals surface area contributed by atoms with Gasteiger partial charge in [-0.05, 0) is 37.1 Å². The van der Waals surface area contributed by atoms with Crippen LogP contribution in [0.25, 0.3) is 10.9 Å². The summed E-state index contributed by atoms with van der Waals surface area (Å²) in [5.74, 6) is 1.38. The van der Waals surface area contributed by atoms with E-state index in [9.17, 15) is 8.42 Å². The zero-order chi connectivity index (χ0) is 19.3. The van der Waals surface area contributed by atoms with Gasteiger partial charge in [0, 0.05) is 37.6 Å². The minimum Gasteiger partial charge on any atom is -0.352 e. The van der Waals surface area contributed by atoms with Crippen molar-refractivity contribution in [2.24, 2.45) is 0 Å². The summed E-state index contributed by atoms with van der Waals surface area (Å²) in [5, 5.41) is 9.44. The highest BCUT2D eigenvalue weighted by atomic mass is 32.2. The third-order valence-electron chi connectivity index (χ3n) is 5.62. The molecule has 0 spiro atoms. The minimum atomic E-state index is -3.63. The highest BCUT2D eigenvalue weighted by Gasteiger charge is 2.38. The van der Waals surface area contributed by atoms with Crippen molar-refractivity contribution >= 4 is 26.7 Å². The first-order chi connectivity index (χ1) is 13.5. The van der Waals surface area contributed by atoms with Gasteiger partial charge in [0.05, 0.1) is 17.3 Å². The molecule has 2 aromatic heterocycles.